The predicted molar refractivity (Wildman–Crippen MR) is 98.7 cm³/mol. The van der Waals surface area contributed by atoms with Crippen molar-refractivity contribution in [2.75, 3.05) is 32.8 Å². The van der Waals surface area contributed by atoms with Gasteiger partial charge in [0.2, 0.25) is 0 Å². The van der Waals surface area contributed by atoms with Crippen LogP contribution in [-0.2, 0) is 16.8 Å². The summed E-state index contributed by atoms with van der Waals surface area (Å²) < 4.78 is 29.5. The van der Waals surface area contributed by atoms with Gasteiger partial charge in [-0.25, -0.2) is 10.1 Å². The summed E-state index contributed by atoms with van der Waals surface area (Å²) in [6.07, 6.45) is 0. The quantitative estimate of drug-likeness (QED) is 0.818. The minimum Gasteiger partial charge on any atom is -0.494 e. The Bertz CT molecular complexity index is 797. The average Bonchev–Trinajstić information content (AvgIpc) is 3.04. The molecule has 1 aromatic carbocycles. The number of aromatic nitrogens is 1. The molecule has 2 heterocycles. The molecule has 7 nitrogen and oxygen atoms in total. The van der Waals surface area contributed by atoms with Gasteiger partial charge >= 0.3 is 0 Å². The van der Waals surface area contributed by atoms with Crippen LogP contribution in [-0.4, -0.2) is 55.4 Å². The fourth-order valence-electron chi connectivity index (χ4n) is 2.74. The Kier molecular flexibility index (Phi) is 5.70. The van der Waals surface area contributed by atoms with Crippen LogP contribution in [0.15, 0.2) is 29.6 Å². The summed E-state index contributed by atoms with van der Waals surface area (Å²) in [7, 11) is -3.58. The molecule has 1 saturated heterocycles. The van der Waals surface area contributed by atoms with Crippen molar-refractivity contribution < 1.29 is 13.2 Å². The summed E-state index contributed by atoms with van der Waals surface area (Å²) in [5.41, 5.74) is 2.07. The molecule has 25 heavy (non-hydrogen) atoms. The molecule has 2 N–H and O–H groups in total. The maximum Gasteiger partial charge on any atom is 0.276 e. The minimum atomic E-state index is -3.58. The van der Waals surface area contributed by atoms with Gasteiger partial charge in [-0.15, -0.1) is 11.3 Å². The van der Waals surface area contributed by atoms with Gasteiger partial charge in [-0.2, -0.15) is 12.7 Å². The van der Waals surface area contributed by atoms with Gasteiger partial charge in [0.05, 0.1) is 12.3 Å². The van der Waals surface area contributed by atoms with Gasteiger partial charge in [0.1, 0.15) is 10.8 Å². The van der Waals surface area contributed by atoms with E-state index in [9.17, 15) is 8.42 Å². The van der Waals surface area contributed by atoms with Crippen molar-refractivity contribution in [1.82, 2.24) is 14.2 Å². The Morgan fingerprint density at radius 1 is 1.20 bits per heavy atom. The van der Waals surface area contributed by atoms with E-state index in [4.69, 9.17) is 14.9 Å². The lowest BCUT2D eigenvalue weighted by Gasteiger charge is -2.32. The van der Waals surface area contributed by atoms with E-state index in [-0.39, 0.29) is 0 Å². The average molecular weight is 383 g/mol. The standard InChI is InChI=1S/C16H22N4O3S2/c1-2-23-15-5-3-13(4-6-15)16-18-14(12-24-16)11-19-7-9-20(10-8-19)25(17,21)22/h3-6,12H,2,7-11H2,1H3,(H2,17,21,22). The highest BCUT2D eigenvalue weighted by molar-refractivity contribution is 7.86. The third kappa shape index (κ3) is 4.77. The molecule has 9 heteroatoms. The fourth-order valence-corrected chi connectivity index (χ4v) is 4.23. The van der Waals surface area contributed by atoms with E-state index in [1.165, 1.54) is 4.31 Å². The molecule has 0 unspecified atom stereocenters. The Morgan fingerprint density at radius 2 is 1.88 bits per heavy atom. The fraction of sp³-hybridized carbons (Fsp3) is 0.438. The first kappa shape index (κ1) is 18.3. The number of nitrogens with two attached hydrogens (primary N) is 1. The second kappa shape index (κ2) is 7.79. The SMILES string of the molecule is CCOc1ccc(-c2nc(CN3CCN(S(N)(=O)=O)CC3)cs2)cc1. The van der Waals surface area contributed by atoms with E-state index in [2.05, 4.69) is 10.3 Å². The molecular weight excluding hydrogens is 360 g/mol. The summed E-state index contributed by atoms with van der Waals surface area (Å²) in [5, 5.41) is 8.19. The van der Waals surface area contributed by atoms with Crippen LogP contribution in [0.4, 0.5) is 0 Å². The number of thiazole rings is 1. The van der Waals surface area contributed by atoms with Crippen molar-refractivity contribution in [2.24, 2.45) is 5.14 Å². The van der Waals surface area contributed by atoms with Crippen molar-refractivity contribution in [3.8, 4) is 16.3 Å². The maximum atomic E-state index is 11.3. The number of piperazine rings is 1. The van der Waals surface area contributed by atoms with Gasteiger partial charge in [-0.1, -0.05) is 0 Å². The lowest BCUT2D eigenvalue weighted by atomic mass is 10.2. The van der Waals surface area contributed by atoms with Gasteiger partial charge < -0.3 is 4.74 Å². The van der Waals surface area contributed by atoms with E-state index < -0.39 is 10.2 Å². The zero-order valence-corrected chi connectivity index (χ0v) is 15.7. The second-order valence-electron chi connectivity index (χ2n) is 5.82. The number of benzene rings is 1. The largest absolute Gasteiger partial charge is 0.494 e. The molecular formula is C16H22N4O3S2. The Balaban J connectivity index is 1.59. The second-order valence-corrected chi connectivity index (χ2v) is 8.23. The van der Waals surface area contributed by atoms with Gasteiger partial charge in [-0.3, -0.25) is 4.90 Å². The van der Waals surface area contributed by atoms with Crippen LogP contribution in [0.5, 0.6) is 5.75 Å². The normalized spacial score (nSPS) is 16.9. The van der Waals surface area contributed by atoms with Crippen LogP contribution >= 0.6 is 11.3 Å². The first-order valence-corrected chi connectivity index (χ1v) is 10.5. The molecule has 0 spiro atoms. The van der Waals surface area contributed by atoms with Crippen LogP contribution in [0.25, 0.3) is 10.6 Å². The first-order chi connectivity index (χ1) is 12.0. The van der Waals surface area contributed by atoms with Gasteiger partial charge in [-0.05, 0) is 31.2 Å². The third-order valence-corrected chi connectivity index (χ3v) is 6.07. The van der Waals surface area contributed by atoms with Crippen LogP contribution in [0.2, 0.25) is 0 Å². The lowest BCUT2D eigenvalue weighted by Crippen LogP contribution is -2.50. The zero-order chi connectivity index (χ0) is 17.9. The van der Waals surface area contributed by atoms with E-state index in [1.54, 1.807) is 11.3 Å². The topological polar surface area (TPSA) is 88.8 Å². The van der Waals surface area contributed by atoms with Crippen LogP contribution in [0.3, 0.4) is 0 Å². The molecule has 0 aliphatic carbocycles. The molecule has 1 fully saturated rings. The van der Waals surface area contributed by atoms with Gasteiger partial charge in [0.15, 0.2) is 0 Å². The van der Waals surface area contributed by atoms with E-state index in [0.29, 0.717) is 39.3 Å². The lowest BCUT2D eigenvalue weighted by molar-refractivity contribution is 0.180. The molecule has 0 amide bonds. The number of hydrogen-bond acceptors (Lipinski definition) is 6. The molecule has 136 valence electrons. The maximum absolute atomic E-state index is 11.3. The number of rotatable bonds is 6. The number of hydrogen-bond donors (Lipinski definition) is 1. The van der Waals surface area contributed by atoms with E-state index in [0.717, 1.165) is 22.0 Å². The summed E-state index contributed by atoms with van der Waals surface area (Å²) in [5.74, 6) is 0.857. The zero-order valence-electron chi connectivity index (χ0n) is 14.1. The minimum absolute atomic E-state index is 0.425. The monoisotopic (exact) mass is 382 g/mol. The predicted octanol–water partition coefficient (Wildman–Crippen LogP) is 1.53. The summed E-state index contributed by atoms with van der Waals surface area (Å²) in [4.78, 5) is 6.89. The molecule has 1 aliphatic heterocycles. The highest BCUT2D eigenvalue weighted by atomic mass is 32.2. The van der Waals surface area contributed by atoms with Crippen molar-refractivity contribution in [1.29, 1.82) is 0 Å². The van der Waals surface area contributed by atoms with E-state index in [1.807, 2.05) is 31.2 Å². The van der Waals surface area contributed by atoms with Gasteiger partial charge in [0.25, 0.3) is 10.2 Å². The van der Waals surface area contributed by atoms with Crippen LogP contribution in [0, 0.1) is 0 Å². The van der Waals surface area contributed by atoms with Crippen LogP contribution in [0.1, 0.15) is 12.6 Å². The highest BCUT2D eigenvalue weighted by Crippen LogP contribution is 2.26. The number of ether oxygens (including phenoxy) is 1. The number of nitrogens with zero attached hydrogens (tertiary/aromatic N) is 3. The van der Waals surface area contributed by atoms with Crippen molar-refractivity contribution in [2.45, 2.75) is 13.5 Å². The molecule has 0 radical (unpaired) electrons. The summed E-state index contributed by atoms with van der Waals surface area (Å²) in [6, 6.07) is 7.93. The molecule has 1 aromatic heterocycles. The van der Waals surface area contributed by atoms with Crippen LogP contribution < -0.4 is 9.88 Å². The molecule has 1 aliphatic rings. The third-order valence-electron chi connectivity index (χ3n) is 4.04. The smallest absolute Gasteiger partial charge is 0.276 e. The Morgan fingerprint density at radius 3 is 2.48 bits per heavy atom. The highest BCUT2D eigenvalue weighted by Gasteiger charge is 2.24. The molecule has 0 atom stereocenters. The summed E-state index contributed by atoms with van der Waals surface area (Å²) in [6.45, 7) is 5.50. The molecule has 2 aromatic rings. The van der Waals surface area contributed by atoms with Crippen molar-refractivity contribution in [3.63, 3.8) is 0 Å². The first-order valence-electron chi connectivity index (χ1n) is 8.13. The van der Waals surface area contributed by atoms with Gasteiger partial charge in [0, 0.05) is 43.7 Å². The summed E-state index contributed by atoms with van der Waals surface area (Å²) >= 11 is 1.61. The Hall–Kier alpha value is -1.52. The molecule has 3 rings (SSSR count). The Labute approximate surface area is 152 Å². The van der Waals surface area contributed by atoms with Crippen molar-refractivity contribution >= 4 is 21.5 Å². The molecule has 0 saturated carbocycles. The van der Waals surface area contributed by atoms with E-state index >= 15 is 0 Å². The molecule has 0 bridgehead atoms. The van der Waals surface area contributed by atoms with Crippen molar-refractivity contribution in [3.05, 3.63) is 35.3 Å².